The number of carbonyl (C=O) groups excluding carboxylic acids is 2. The lowest BCUT2D eigenvalue weighted by atomic mass is 10.3. The number of halogens is 1. The number of rotatable bonds is 2. The van der Waals surface area contributed by atoms with Crippen molar-refractivity contribution >= 4 is 30.7 Å². The molecule has 0 saturated carbocycles. The molecule has 0 rings (SSSR count). The maximum absolute atomic E-state index is 10.7. The highest BCUT2D eigenvalue weighted by Crippen LogP contribution is 1.97. The van der Waals surface area contributed by atoms with Gasteiger partial charge in [0.25, 0.3) is 5.24 Å². The van der Waals surface area contributed by atoms with Crippen molar-refractivity contribution in [3.8, 4) is 11.5 Å². The molecule has 2 nitrogen and oxygen atoms in total. The van der Waals surface area contributed by atoms with E-state index in [1.807, 2.05) is 0 Å². The van der Waals surface area contributed by atoms with Crippen LogP contribution in [-0.4, -0.2) is 19.1 Å². The van der Waals surface area contributed by atoms with Crippen LogP contribution in [-0.2, 0) is 9.59 Å². The SMILES string of the molecule is C[Si](C)(C)C#CCC(=O)C(=O)Cl. The Morgan fingerprint density at radius 3 is 2.17 bits per heavy atom. The lowest BCUT2D eigenvalue weighted by Gasteiger charge is -2.02. The van der Waals surface area contributed by atoms with Crippen LogP contribution < -0.4 is 0 Å². The van der Waals surface area contributed by atoms with Crippen molar-refractivity contribution in [3.63, 3.8) is 0 Å². The Morgan fingerprint density at radius 1 is 1.33 bits per heavy atom. The fourth-order valence-electron chi connectivity index (χ4n) is 0.459. The molecule has 4 heteroatoms. The zero-order valence-corrected chi connectivity index (χ0v) is 9.16. The quantitative estimate of drug-likeness (QED) is 0.295. The first-order valence-electron chi connectivity index (χ1n) is 3.55. The third kappa shape index (κ3) is 6.14. The second-order valence-electron chi connectivity index (χ2n) is 3.43. The first kappa shape index (κ1) is 11.4. The molecular weight excluding hydrogens is 192 g/mol. The maximum atomic E-state index is 10.7. The van der Waals surface area contributed by atoms with Crippen molar-refractivity contribution in [2.75, 3.05) is 0 Å². The molecule has 66 valence electrons. The summed E-state index contributed by atoms with van der Waals surface area (Å²) < 4.78 is 0. The van der Waals surface area contributed by atoms with Crippen molar-refractivity contribution in [1.29, 1.82) is 0 Å². The van der Waals surface area contributed by atoms with Crippen LogP contribution in [0.4, 0.5) is 0 Å². The first-order chi connectivity index (χ1) is 5.33. The van der Waals surface area contributed by atoms with Crippen molar-refractivity contribution in [3.05, 3.63) is 0 Å². The molecule has 0 atom stereocenters. The van der Waals surface area contributed by atoms with Gasteiger partial charge in [-0.1, -0.05) is 19.6 Å². The normalized spacial score (nSPS) is 10.0. The molecular formula is C8H11ClO2Si. The topological polar surface area (TPSA) is 34.1 Å². The zero-order valence-electron chi connectivity index (χ0n) is 7.40. The minimum absolute atomic E-state index is 0.0490. The van der Waals surface area contributed by atoms with E-state index in [9.17, 15) is 9.59 Å². The van der Waals surface area contributed by atoms with Crippen LogP contribution in [0.25, 0.3) is 0 Å². The van der Waals surface area contributed by atoms with Crippen molar-refractivity contribution < 1.29 is 9.59 Å². The average molecular weight is 203 g/mol. The Hall–Kier alpha value is -0.593. The lowest BCUT2D eigenvalue weighted by molar-refractivity contribution is -0.131. The molecule has 0 aliphatic heterocycles. The molecule has 0 aliphatic carbocycles. The van der Waals surface area contributed by atoms with E-state index < -0.39 is 19.1 Å². The van der Waals surface area contributed by atoms with Gasteiger partial charge in [0.05, 0.1) is 6.42 Å². The summed E-state index contributed by atoms with van der Waals surface area (Å²) >= 11 is 4.93. The Bertz CT molecular complexity index is 254. The van der Waals surface area contributed by atoms with Gasteiger partial charge in [0.2, 0.25) is 5.78 Å². The molecule has 0 radical (unpaired) electrons. The van der Waals surface area contributed by atoms with Crippen molar-refractivity contribution in [2.45, 2.75) is 26.1 Å². The van der Waals surface area contributed by atoms with Crippen molar-refractivity contribution in [2.24, 2.45) is 0 Å². The van der Waals surface area contributed by atoms with Crippen LogP contribution in [0, 0.1) is 11.5 Å². The third-order valence-corrected chi connectivity index (χ3v) is 2.07. The summed E-state index contributed by atoms with van der Waals surface area (Å²) in [7, 11) is -1.43. The van der Waals surface area contributed by atoms with E-state index in [2.05, 4.69) is 31.1 Å². The number of hydrogen-bond acceptors (Lipinski definition) is 2. The van der Waals surface area contributed by atoms with E-state index in [1.165, 1.54) is 0 Å². The average Bonchev–Trinajstić information content (AvgIpc) is 1.84. The standard InChI is InChI=1S/C8H11ClO2Si/c1-12(2,3)6-4-5-7(10)8(9)11/h5H2,1-3H3. The molecule has 0 fully saturated rings. The van der Waals surface area contributed by atoms with Gasteiger partial charge in [0, 0.05) is 0 Å². The van der Waals surface area contributed by atoms with Gasteiger partial charge in [-0.2, -0.15) is 0 Å². The molecule has 0 bridgehead atoms. The summed E-state index contributed by atoms with van der Waals surface area (Å²) in [5.41, 5.74) is 2.96. The van der Waals surface area contributed by atoms with Crippen LogP contribution in [0.5, 0.6) is 0 Å². The molecule has 0 heterocycles. The van der Waals surface area contributed by atoms with E-state index in [0.29, 0.717) is 0 Å². The molecule has 0 saturated heterocycles. The Balaban J connectivity index is 4.05. The number of ketones is 1. The molecule has 0 amide bonds. The predicted molar refractivity (Wildman–Crippen MR) is 51.6 cm³/mol. The number of Topliss-reactive ketones (excluding diaryl/α,β-unsaturated/α-hetero) is 1. The highest BCUT2D eigenvalue weighted by molar-refractivity contribution is 6.84. The predicted octanol–water partition coefficient (Wildman–Crippen LogP) is 1.59. The maximum Gasteiger partial charge on any atom is 0.289 e. The van der Waals surface area contributed by atoms with Gasteiger partial charge in [-0.25, -0.2) is 0 Å². The fourth-order valence-corrected chi connectivity index (χ4v) is 1.14. The van der Waals surface area contributed by atoms with Crippen LogP contribution in [0.3, 0.4) is 0 Å². The van der Waals surface area contributed by atoms with Crippen molar-refractivity contribution in [1.82, 2.24) is 0 Å². The first-order valence-corrected chi connectivity index (χ1v) is 7.43. The van der Waals surface area contributed by atoms with E-state index >= 15 is 0 Å². The smallest absolute Gasteiger partial charge is 0.288 e. The zero-order chi connectivity index (χ0) is 9.78. The highest BCUT2D eigenvalue weighted by Gasteiger charge is 2.10. The van der Waals surface area contributed by atoms with Gasteiger partial charge in [-0.15, -0.1) is 11.5 Å². The van der Waals surface area contributed by atoms with Crippen LogP contribution in [0.2, 0.25) is 19.6 Å². The molecule has 0 aromatic heterocycles. The molecule has 0 aromatic rings. The molecule has 12 heavy (non-hydrogen) atoms. The second-order valence-corrected chi connectivity index (χ2v) is 8.52. The fraction of sp³-hybridized carbons (Fsp3) is 0.500. The van der Waals surface area contributed by atoms with E-state index in [1.54, 1.807) is 0 Å². The lowest BCUT2D eigenvalue weighted by Crippen LogP contribution is -2.16. The molecule has 0 unspecified atom stereocenters. The summed E-state index contributed by atoms with van der Waals surface area (Å²) in [5, 5.41) is -0.931. The van der Waals surface area contributed by atoms with E-state index in [0.717, 1.165) is 0 Å². The molecule has 0 aromatic carbocycles. The summed E-state index contributed by atoms with van der Waals surface area (Å²) in [6.45, 7) is 6.19. The summed E-state index contributed by atoms with van der Waals surface area (Å²) in [4.78, 5) is 20.9. The third-order valence-electron chi connectivity index (χ3n) is 0.932. The van der Waals surface area contributed by atoms with E-state index in [-0.39, 0.29) is 6.42 Å². The summed E-state index contributed by atoms with van der Waals surface area (Å²) in [6, 6.07) is 0. The summed E-state index contributed by atoms with van der Waals surface area (Å²) in [5.74, 6) is 2.04. The van der Waals surface area contributed by atoms with Gasteiger partial charge in [-0.3, -0.25) is 9.59 Å². The Labute approximate surface area is 78.3 Å². The summed E-state index contributed by atoms with van der Waals surface area (Å²) in [6.07, 6.45) is -0.0490. The molecule has 0 aliphatic rings. The van der Waals surface area contributed by atoms with Crippen LogP contribution in [0.1, 0.15) is 6.42 Å². The molecule has 0 spiro atoms. The second kappa shape index (κ2) is 4.44. The van der Waals surface area contributed by atoms with Crippen LogP contribution in [0.15, 0.2) is 0 Å². The van der Waals surface area contributed by atoms with Gasteiger partial charge < -0.3 is 0 Å². The number of hydrogen-bond donors (Lipinski definition) is 0. The monoisotopic (exact) mass is 202 g/mol. The molecule has 0 N–H and O–H groups in total. The Kier molecular flexibility index (Phi) is 4.22. The number of carbonyl (C=O) groups is 2. The van der Waals surface area contributed by atoms with Gasteiger partial charge in [0.15, 0.2) is 0 Å². The minimum Gasteiger partial charge on any atom is -0.288 e. The van der Waals surface area contributed by atoms with Gasteiger partial charge in [-0.05, 0) is 11.6 Å². The van der Waals surface area contributed by atoms with Crippen LogP contribution >= 0.6 is 11.6 Å². The van der Waals surface area contributed by atoms with E-state index in [4.69, 9.17) is 11.6 Å². The Morgan fingerprint density at radius 2 is 1.83 bits per heavy atom. The minimum atomic E-state index is -1.43. The largest absolute Gasteiger partial charge is 0.289 e. The van der Waals surface area contributed by atoms with Gasteiger partial charge in [0.1, 0.15) is 8.07 Å². The van der Waals surface area contributed by atoms with Gasteiger partial charge >= 0.3 is 0 Å². The highest BCUT2D eigenvalue weighted by atomic mass is 35.5.